The van der Waals surface area contributed by atoms with Crippen LogP contribution in [0, 0.1) is 23.7 Å². The predicted octanol–water partition coefficient (Wildman–Crippen LogP) is 3.35. The number of nitriles is 1. The molecule has 33 heavy (non-hydrogen) atoms. The number of rotatable bonds is 4. The largest absolute Gasteiger partial charge is 0.457 e. The zero-order chi connectivity index (χ0) is 23.0. The van der Waals surface area contributed by atoms with Crippen molar-refractivity contribution >= 4 is 11.8 Å². The maximum Gasteiger partial charge on any atom is 0.338 e. The first-order valence-electron chi connectivity index (χ1n) is 11.8. The minimum absolute atomic E-state index is 0.267. The average Bonchev–Trinajstić information content (AvgIpc) is 3.23. The number of pyridine rings is 1. The number of esters is 1. The summed E-state index contributed by atoms with van der Waals surface area (Å²) in [5.74, 6) is 0.692. The van der Waals surface area contributed by atoms with E-state index < -0.39 is 6.10 Å². The molecule has 1 spiro atoms. The van der Waals surface area contributed by atoms with Gasteiger partial charge in [0.2, 0.25) is 0 Å². The Morgan fingerprint density at radius 3 is 2.55 bits per heavy atom. The smallest absolute Gasteiger partial charge is 0.338 e. The summed E-state index contributed by atoms with van der Waals surface area (Å²) >= 11 is 0. The van der Waals surface area contributed by atoms with E-state index in [-0.39, 0.29) is 5.97 Å². The van der Waals surface area contributed by atoms with Gasteiger partial charge in [-0.25, -0.2) is 9.78 Å². The maximum atomic E-state index is 11.8. The standard InChI is InChI=1S/C26H30N4O3/c1-18-20(3-4-21-22(18)17-33-25(21)32)23(31)16-29-10-6-26(7-11-29)8-12-30(13-9-26)24-5-2-19(14-27)15-28-24/h2-5,15,23,31H,6-13,16-17H2,1H3. The van der Waals surface area contributed by atoms with Gasteiger partial charge in [-0.3, -0.25) is 0 Å². The summed E-state index contributed by atoms with van der Waals surface area (Å²) < 4.78 is 5.15. The molecule has 7 nitrogen and oxygen atoms in total. The van der Waals surface area contributed by atoms with Crippen molar-refractivity contribution in [3.8, 4) is 6.07 Å². The van der Waals surface area contributed by atoms with Crippen molar-refractivity contribution in [1.29, 1.82) is 5.26 Å². The Hall–Kier alpha value is -2.95. The average molecular weight is 447 g/mol. The van der Waals surface area contributed by atoms with E-state index in [1.807, 2.05) is 25.1 Å². The van der Waals surface area contributed by atoms with Gasteiger partial charge in [0.1, 0.15) is 18.5 Å². The van der Waals surface area contributed by atoms with E-state index in [2.05, 4.69) is 20.9 Å². The lowest BCUT2D eigenvalue weighted by Gasteiger charge is -2.47. The molecule has 2 saturated heterocycles. The van der Waals surface area contributed by atoms with E-state index >= 15 is 0 Å². The molecule has 5 rings (SSSR count). The zero-order valence-electron chi connectivity index (χ0n) is 19.1. The van der Waals surface area contributed by atoms with Crippen molar-refractivity contribution in [3.05, 3.63) is 58.3 Å². The van der Waals surface area contributed by atoms with Crippen molar-refractivity contribution in [3.63, 3.8) is 0 Å². The van der Waals surface area contributed by atoms with Crippen LogP contribution in [0.5, 0.6) is 0 Å². The van der Waals surface area contributed by atoms with E-state index in [0.29, 0.717) is 29.7 Å². The Balaban J connectivity index is 1.15. The first-order valence-corrected chi connectivity index (χ1v) is 11.8. The van der Waals surface area contributed by atoms with Gasteiger partial charge in [0.15, 0.2) is 0 Å². The van der Waals surface area contributed by atoms with Crippen molar-refractivity contribution in [2.75, 3.05) is 37.6 Å². The first-order chi connectivity index (χ1) is 16.0. The molecule has 3 aliphatic rings. The molecule has 172 valence electrons. The molecule has 0 amide bonds. The molecule has 0 saturated carbocycles. The van der Waals surface area contributed by atoms with Crippen LogP contribution in [0.1, 0.15) is 64.4 Å². The third kappa shape index (κ3) is 4.21. The quantitative estimate of drug-likeness (QED) is 0.721. The second-order valence-corrected chi connectivity index (χ2v) is 9.70. The van der Waals surface area contributed by atoms with Gasteiger partial charge in [0.25, 0.3) is 0 Å². The number of β-amino-alcohol motifs (C(OH)–C–C–N with tert-alkyl or cyclic N) is 1. The summed E-state index contributed by atoms with van der Waals surface area (Å²) in [5.41, 5.74) is 4.40. The van der Waals surface area contributed by atoms with Crippen LogP contribution < -0.4 is 4.90 Å². The molecule has 1 aromatic carbocycles. The number of hydrogen-bond donors (Lipinski definition) is 1. The van der Waals surface area contributed by atoms with Crippen LogP contribution in [0.25, 0.3) is 0 Å². The Bertz CT molecular complexity index is 1070. The molecule has 2 fully saturated rings. The maximum absolute atomic E-state index is 11.8. The van der Waals surface area contributed by atoms with Crippen molar-refractivity contribution in [2.45, 2.75) is 45.3 Å². The van der Waals surface area contributed by atoms with Crippen LogP contribution in [-0.2, 0) is 11.3 Å². The monoisotopic (exact) mass is 446 g/mol. The molecule has 1 atom stereocenters. The number of fused-ring (bicyclic) bond motifs is 1. The van der Waals surface area contributed by atoms with E-state index in [1.54, 1.807) is 12.3 Å². The molecule has 7 heteroatoms. The fourth-order valence-corrected chi connectivity index (χ4v) is 5.63. The van der Waals surface area contributed by atoms with Crippen LogP contribution >= 0.6 is 0 Å². The number of nitrogens with zero attached hydrogens (tertiary/aromatic N) is 4. The zero-order valence-corrected chi connectivity index (χ0v) is 19.1. The topological polar surface area (TPSA) is 89.7 Å². The number of aromatic nitrogens is 1. The molecular weight excluding hydrogens is 416 g/mol. The normalized spacial score (nSPS) is 20.9. The SMILES string of the molecule is Cc1c(C(O)CN2CCC3(CC2)CCN(c2ccc(C#N)cn2)CC3)ccc2c1COC2=O. The lowest BCUT2D eigenvalue weighted by molar-refractivity contribution is 0.0447. The molecule has 0 bridgehead atoms. The van der Waals surface area contributed by atoms with E-state index in [4.69, 9.17) is 10.00 Å². The van der Waals surface area contributed by atoms with E-state index in [1.165, 1.54) is 0 Å². The van der Waals surface area contributed by atoms with Gasteiger partial charge in [-0.2, -0.15) is 5.26 Å². The molecule has 2 aromatic rings. The van der Waals surface area contributed by atoms with Crippen LogP contribution in [0.2, 0.25) is 0 Å². The van der Waals surface area contributed by atoms with Gasteiger partial charge in [-0.1, -0.05) is 6.07 Å². The van der Waals surface area contributed by atoms with Crippen LogP contribution in [-0.4, -0.2) is 53.7 Å². The number of likely N-dealkylation sites (tertiary alicyclic amines) is 1. The molecule has 1 unspecified atom stereocenters. The summed E-state index contributed by atoms with van der Waals surface area (Å²) in [5, 5.41) is 19.9. The highest BCUT2D eigenvalue weighted by molar-refractivity contribution is 5.93. The second-order valence-electron chi connectivity index (χ2n) is 9.70. The van der Waals surface area contributed by atoms with Gasteiger partial charge in [0, 0.05) is 31.4 Å². The number of benzene rings is 1. The minimum atomic E-state index is -0.565. The third-order valence-corrected chi connectivity index (χ3v) is 7.94. The Morgan fingerprint density at radius 2 is 1.88 bits per heavy atom. The third-order valence-electron chi connectivity index (χ3n) is 7.94. The predicted molar refractivity (Wildman–Crippen MR) is 124 cm³/mol. The van der Waals surface area contributed by atoms with E-state index in [9.17, 15) is 9.90 Å². The summed E-state index contributed by atoms with van der Waals surface area (Å²) in [4.78, 5) is 20.9. The fraction of sp³-hybridized carbons (Fsp3) is 0.500. The summed E-state index contributed by atoms with van der Waals surface area (Å²) in [6.45, 7) is 6.89. The van der Waals surface area contributed by atoms with Crippen LogP contribution in [0.3, 0.4) is 0 Å². The molecule has 1 N–H and O–H groups in total. The molecule has 0 aliphatic carbocycles. The summed E-state index contributed by atoms with van der Waals surface area (Å²) in [7, 11) is 0. The number of aliphatic hydroxyl groups is 1. The number of aliphatic hydroxyl groups excluding tert-OH is 1. The van der Waals surface area contributed by atoms with Crippen molar-refractivity contribution < 1.29 is 14.6 Å². The van der Waals surface area contributed by atoms with E-state index in [0.717, 1.165) is 74.4 Å². The Kier molecular flexibility index (Phi) is 5.81. The highest BCUT2D eigenvalue weighted by Crippen LogP contribution is 2.42. The molecule has 1 aromatic heterocycles. The number of ether oxygens (including phenoxy) is 1. The van der Waals surface area contributed by atoms with Gasteiger partial charge in [-0.05, 0) is 80.4 Å². The number of piperidine rings is 2. The van der Waals surface area contributed by atoms with Gasteiger partial charge in [0.05, 0.1) is 17.2 Å². The minimum Gasteiger partial charge on any atom is -0.457 e. The van der Waals surface area contributed by atoms with Crippen molar-refractivity contribution in [2.24, 2.45) is 5.41 Å². The van der Waals surface area contributed by atoms with Gasteiger partial charge < -0.3 is 19.6 Å². The number of hydrogen-bond acceptors (Lipinski definition) is 7. The molecule has 0 radical (unpaired) electrons. The second kappa shape index (κ2) is 8.77. The Labute approximate surface area is 194 Å². The highest BCUT2D eigenvalue weighted by atomic mass is 16.5. The summed E-state index contributed by atoms with van der Waals surface area (Å²) in [6, 6.07) is 9.58. The summed E-state index contributed by atoms with van der Waals surface area (Å²) in [6.07, 6.45) is 5.70. The molecular formula is C26H30N4O3. The first kappa shape index (κ1) is 21.9. The number of anilines is 1. The lowest BCUT2D eigenvalue weighted by atomic mass is 9.71. The number of carbonyl (C=O) groups excluding carboxylic acids is 1. The lowest BCUT2D eigenvalue weighted by Crippen LogP contribution is -2.47. The van der Waals surface area contributed by atoms with Crippen LogP contribution in [0.4, 0.5) is 5.82 Å². The molecule has 4 heterocycles. The van der Waals surface area contributed by atoms with Gasteiger partial charge >= 0.3 is 5.97 Å². The molecule has 3 aliphatic heterocycles. The number of cyclic esters (lactones) is 1. The van der Waals surface area contributed by atoms with Crippen molar-refractivity contribution in [1.82, 2.24) is 9.88 Å². The number of carbonyl (C=O) groups is 1. The van der Waals surface area contributed by atoms with Gasteiger partial charge in [-0.15, -0.1) is 0 Å². The highest BCUT2D eigenvalue weighted by Gasteiger charge is 2.38. The van der Waals surface area contributed by atoms with Crippen LogP contribution in [0.15, 0.2) is 30.5 Å². The Morgan fingerprint density at radius 1 is 1.15 bits per heavy atom. The fourth-order valence-electron chi connectivity index (χ4n) is 5.63.